The van der Waals surface area contributed by atoms with Crippen LogP contribution in [0.1, 0.15) is 77.3 Å². The minimum atomic E-state index is 0.763. The van der Waals surface area contributed by atoms with E-state index in [1.165, 1.54) is 25.7 Å². The first-order chi connectivity index (χ1) is 15.5. The summed E-state index contributed by atoms with van der Waals surface area (Å²) in [6.07, 6.45) is 10.6. The molecule has 0 aliphatic rings. The first-order valence-corrected chi connectivity index (χ1v) is 12.0. The van der Waals surface area contributed by atoms with E-state index >= 15 is 0 Å². The number of ether oxygens (including phenoxy) is 2. The first kappa shape index (κ1) is 25.6. The molecule has 0 saturated heterocycles. The lowest BCUT2D eigenvalue weighted by Gasteiger charge is -2.07. The Balaban J connectivity index is 1.68. The van der Waals surface area contributed by atoms with Crippen LogP contribution in [0.5, 0.6) is 11.5 Å². The summed E-state index contributed by atoms with van der Waals surface area (Å²) in [4.78, 5) is 0. The van der Waals surface area contributed by atoms with Crippen LogP contribution in [-0.4, -0.2) is 25.6 Å². The van der Waals surface area contributed by atoms with E-state index in [9.17, 15) is 0 Å². The van der Waals surface area contributed by atoms with Gasteiger partial charge in [-0.15, -0.1) is 0 Å². The van der Waals surface area contributed by atoms with E-state index < -0.39 is 0 Å². The third kappa shape index (κ3) is 11.7. The molecule has 2 aromatic rings. The molecule has 4 nitrogen and oxygen atoms in total. The summed E-state index contributed by atoms with van der Waals surface area (Å²) >= 11 is 0. The van der Waals surface area contributed by atoms with Gasteiger partial charge in [0.05, 0.1) is 25.6 Å². The average Bonchev–Trinajstić information content (AvgIpc) is 2.78. The Morgan fingerprint density at radius 1 is 0.594 bits per heavy atom. The molecule has 0 aliphatic carbocycles. The fraction of sp³-hybridized carbons (Fsp3) is 0.500. The van der Waals surface area contributed by atoms with E-state index in [-0.39, 0.29) is 0 Å². The zero-order valence-corrected chi connectivity index (χ0v) is 20.3. The van der Waals surface area contributed by atoms with Crippen LogP contribution in [-0.2, 0) is 0 Å². The smallest absolute Gasteiger partial charge is 0.119 e. The minimum absolute atomic E-state index is 0.763. The molecule has 0 atom stereocenters. The quantitative estimate of drug-likeness (QED) is 0.164. The van der Waals surface area contributed by atoms with Crippen molar-refractivity contribution in [2.24, 2.45) is 22.0 Å². The van der Waals surface area contributed by atoms with Gasteiger partial charge in [-0.3, -0.25) is 0 Å². The molecule has 0 amide bonds. The van der Waals surface area contributed by atoms with Crippen molar-refractivity contribution in [3.05, 3.63) is 59.7 Å². The van der Waals surface area contributed by atoms with Gasteiger partial charge in [-0.2, -0.15) is 10.2 Å². The molecule has 0 aliphatic heterocycles. The molecule has 0 spiro atoms. The van der Waals surface area contributed by atoms with Crippen LogP contribution in [0.25, 0.3) is 0 Å². The zero-order valence-electron chi connectivity index (χ0n) is 20.3. The fourth-order valence-electron chi connectivity index (χ4n) is 3.19. The monoisotopic (exact) mass is 436 g/mol. The van der Waals surface area contributed by atoms with Gasteiger partial charge in [0, 0.05) is 0 Å². The average molecular weight is 437 g/mol. The summed E-state index contributed by atoms with van der Waals surface area (Å²) < 4.78 is 11.6. The molecular formula is C28H40N2O2. The van der Waals surface area contributed by atoms with Gasteiger partial charge in [0.2, 0.25) is 0 Å². The summed E-state index contributed by atoms with van der Waals surface area (Å²) in [5.41, 5.74) is 1.99. The predicted octanol–water partition coefficient (Wildman–Crippen LogP) is 7.55. The van der Waals surface area contributed by atoms with Gasteiger partial charge >= 0.3 is 0 Å². The maximum absolute atomic E-state index is 5.80. The number of hydrogen-bond acceptors (Lipinski definition) is 4. The van der Waals surface area contributed by atoms with Gasteiger partial charge in [-0.1, -0.05) is 40.5 Å². The Morgan fingerprint density at radius 2 is 0.969 bits per heavy atom. The van der Waals surface area contributed by atoms with Crippen molar-refractivity contribution in [3.63, 3.8) is 0 Å². The minimum Gasteiger partial charge on any atom is -0.494 e. The Morgan fingerprint density at radius 3 is 1.31 bits per heavy atom. The Kier molecular flexibility index (Phi) is 12.2. The molecular weight excluding hydrogens is 396 g/mol. The summed E-state index contributed by atoms with van der Waals surface area (Å²) in [6.45, 7) is 10.6. The van der Waals surface area contributed by atoms with Gasteiger partial charge in [0.15, 0.2) is 0 Å². The van der Waals surface area contributed by atoms with Gasteiger partial charge in [-0.05, 0) is 97.2 Å². The maximum Gasteiger partial charge on any atom is 0.119 e. The third-order valence-electron chi connectivity index (χ3n) is 5.13. The molecule has 0 aromatic heterocycles. The fourth-order valence-corrected chi connectivity index (χ4v) is 3.19. The van der Waals surface area contributed by atoms with Crippen molar-refractivity contribution in [3.8, 4) is 11.5 Å². The lowest BCUT2D eigenvalue weighted by Crippen LogP contribution is -1.98. The van der Waals surface area contributed by atoms with Crippen molar-refractivity contribution in [1.29, 1.82) is 0 Å². The highest BCUT2D eigenvalue weighted by molar-refractivity contribution is 5.82. The second-order valence-corrected chi connectivity index (χ2v) is 9.10. The number of unbranched alkanes of at least 4 members (excludes halogenated alkanes) is 2. The van der Waals surface area contributed by atoms with E-state index in [1.807, 2.05) is 48.5 Å². The molecule has 0 saturated carbocycles. The number of benzene rings is 2. The Hall–Kier alpha value is -2.62. The molecule has 4 heteroatoms. The lowest BCUT2D eigenvalue weighted by atomic mass is 10.1. The van der Waals surface area contributed by atoms with Gasteiger partial charge in [-0.25, -0.2) is 0 Å². The summed E-state index contributed by atoms with van der Waals surface area (Å²) in [7, 11) is 0. The number of nitrogens with zero attached hydrogens (tertiary/aromatic N) is 2. The first-order valence-electron chi connectivity index (χ1n) is 12.0. The molecule has 0 heterocycles. The summed E-state index contributed by atoms with van der Waals surface area (Å²) in [5, 5.41) is 8.30. The molecule has 2 rings (SSSR count). The van der Waals surface area contributed by atoms with Gasteiger partial charge < -0.3 is 9.47 Å². The maximum atomic E-state index is 5.80. The van der Waals surface area contributed by atoms with E-state index in [2.05, 4.69) is 37.9 Å². The van der Waals surface area contributed by atoms with E-state index in [4.69, 9.17) is 9.47 Å². The standard InChI is InChI=1S/C28H40N2O2/c1-23(2)9-5-7-19-31-27-15-11-25(12-16-27)21-29-30-22-26-13-17-28(18-14-26)32-20-8-6-10-24(3)4/h11-18,21-24H,5-10,19-20H2,1-4H3. The summed E-state index contributed by atoms with van der Waals surface area (Å²) in [5.74, 6) is 3.33. The van der Waals surface area contributed by atoms with E-state index in [1.54, 1.807) is 12.4 Å². The molecule has 32 heavy (non-hydrogen) atoms. The Labute approximate surface area is 194 Å². The van der Waals surface area contributed by atoms with Gasteiger partial charge in [0.1, 0.15) is 11.5 Å². The number of hydrogen-bond donors (Lipinski definition) is 0. The van der Waals surface area contributed by atoms with E-state index in [0.717, 1.165) is 60.5 Å². The molecule has 0 fully saturated rings. The highest BCUT2D eigenvalue weighted by atomic mass is 16.5. The van der Waals surface area contributed by atoms with Crippen molar-refractivity contribution >= 4 is 12.4 Å². The second kappa shape index (κ2) is 15.2. The third-order valence-corrected chi connectivity index (χ3v) is 5.13. The largest absolute Gasteiger partial charge is 0.494 e. The van der Waals surface area contributed by atoms with Crippen LogP contribution in [0.4, 0.5) is 0 Å². The zero-order chi connectivity index (χ0) is 23.0. The van der Waals surface area contributed by atoms with Gasteiger partial charge in [0.25, 0.3) is 0 Å². The molecule has 0 bridgehead atoms. The highest BCUT2D eigenvalue weighted by Gasteiger charge is 1.98. The van der Waals surface area contributed by atoms with Crippen LogP contribution in [0.2, 0.25) is 0 Å². The van der Waals surface area contributed by atoms with Crippen molar-refractivity contribution in [2.75, 3.05) is 13.2 Å². The van der Waals surface area contributed by atoms with Crippen LogP contribution < -0.4 is 9.47 Å². The van der Waals surface area contributed by atoms with Crippen LogP contribution in [0.15, 0.2) is 58.7 Å². The van der Waals surface area contributed by atoms with Crippen molar-refractivity contribution in [2.45, 2.75) is 66.2 Å². The molecule has 0 unspecified atom stereocenters. The molecule has 0 N–H and O–H groups in total. The van der Waals surface area contributed by atoms with Crippen LogP contribution in [0.3, 0.4) is 0 Å². The molecule has 174 valence electrons. The second-order valence-electron chi connectivity index (χ2n) is 9.10. The molecule has 2 aromatic carbocycles. The number of rotatable bonds is 15. The highest BCUT2D eigenvalue weighted by Crippen LogP contribution is 2.14. The lowest BCUT2D eigenvalue weighted by molar-refractivity contribution is 0.301. The Bertz CT molecular complexity index is 724. The SMILES string of the molecule is CC(C)CCCCOc1ccc(C=NN=Cc2ccc(OCCCCC(C)C)cc2)cc1. The topological polar surface area (TPSA) is 43.2 Å². The molecule has 0 radical (unpaired) electrons. The predicted molar refractivity (Wildman–Crippen MR) is 136 cm³/mol. The van der Waals surface area contributed by atoms with Crippen molar-refractivity contribution in [1.82, 2.24) is 0 Å². The van der Waals surface area contributed by atoms with Crippen LogP contribution in [0, 0.1) is 11.8 Å². The summed E-state index contributed by atoms with van der Waals surface area (Å²) in [6, 6.07) is 15.9. The normalized spacial score (nSPS) is 11.8. The van der Waals surface area contributed by atoms with E-state index in [0.29, 0.717) is 0 Å². The van der Waals surface area contributed by atoms with Crippen molar-refractivity contribution < 1.29 is 9.47 Å². The van der Waals surface area contributed by atoms with Crippen LogP contribution >= 0.6 is 0 Å².